The number of rotatable bonds is 2. The molecule has 5 aromatic carbocycles. The molecule has 254 valence electrons. The van der Waals surface area contributed by atoms with Crippen molar-refractivity contribution in [1.82, 2.24) is 0 Å². The number of benzene rings is 5. The van der Waals surface area contributed by atoms with Crippen molar-refractivity contribution in [2.24, 2.45) is 0 Å². The van der Waals surface area contributed by atoms with Crippen LogP contribution in [0.4, 0.5) is 17.1 Å². The lowest BCUT2D eigenvalue weighted by Crippen LogP contribution is -2.64. The summed E-state index contributed by atoms with van der Waals surface area (Å²) >= 11 is 0. The quantitative estimate of drug-likeness (QED) is 0.168. The first-order valence-electron chi connectivity index (χ1n) is 18.8. The van der Waals surface area contributed by atoms with E-state index in [1.807, 2.05) is 0 Å². The van der Waals surface area contributed by atoms with Crippen molar-refractivity contribution >= 4 is 40.2 Å². The summed E-state index contributed by atoms with van der Waals surface area (Å²) < 4.78 is 0. The van der Waals surface area contributed by atoms with Gasteiger partial charge in [0.15, 0.2) is 0 Å². The van der Waals surface area contributed by atoms with Gasteiger partial charge in [0.2, 0.25) is 6.71 Å². The monoisotopic (exact) mass is 655 g/mol. The number of fused-ring (bicyclic) bond motifs is 5. The summed E-state index contributed by atoms with van der Waals surface area (Å²) in [4.78, 5) is 2.65. The van der Waals surface area contributed by atoms with Crippen LogP contribution in [0.5, 0.6) is 0 Å². The van der Waals surface area contributed by atoms with Crippen molar-refractivity contribution in [2.45, 2.75) is 117 Å². The van der Waals surface area contributed by atoms with E-state index in [4.69, 9.17) is 0 Å². The summed E-state index contributed by atoms with van der Waals surface area (Å²) in [5.41, 5.74) is 19.6. The molecule has 0 saturated heterocycles. The Morgan fingerprint density at radius 2 is 1.12 bits per heavy atom. The molecule has 2 heterocycles. The van der Waals surface area contributed by atoms with Crippen LogP contribution >= 0.6 is 0 Å². The third-order valence-electron chi connectivity index (χ3n) is 12.4. The van der Waals surface area contributed by atoms with Crippen LogP contribution in [-0.4, -0.2) is 6.71 Å². The van der Waals surface area contributed by atoms with Gasteiger partial charge in [0.05, 0.1) is 5.69 Å². The second kappa shape index (κ2) is 10.5. The van der Waals surface area contributed by atoms with Gasteiger partial charge in [-0.1, -0.05) is 161 Å². The topological polar surface area (TPSA) is 3.24 Å². The Kier molecular flexibility index (Phi) is 6.96. The minimum Gasteiger partial charge on any atom is -0.311 e. The van der Waals surface area contributed by atoms with Gasteiger partial charge in [0.25, 0.3) is 0 Å². The van der Waals surface area contributed by atoms with Gasteiger partial charge in [-0.25, -0.2) is 0 Å². The fourth-order valence-electron chi connectivity index (χ4n) is 9.94. The summed E-state index contributed by atoms with van der Waals surface area (Å²) in [6.07, 6.45) is 1.14. The fourth-order valence-corrected chi connectivity index (χ4v) is 9.94. The zero-order valence-corrected chi connectivity index (χ0v) is 32.5. The number of nitrogens with zero attached hydrogens (tertiary/aromatic N) is 1. The van der Waals surface area contributed by atoms with Crippen LogP contribution in [-0.2, 0) is 27.1 Å². The molecule has 5 aromatic rings. The standard InChI is InChI=1S/C48H54BN/c1-44(2,3)31-21-23-34-38(25-31)49-39-26-32(45(4,5)6)22-24-40(39)50(41-20-16-19-35(43(41)49)48(34,11)12)42-28-37-36(46(7,8)29-47(37,9)10)27-33(42)30-17-14-13-15-18-30/h13-28H,29H2,1-12H3. The van der Waals surface area contributed by atoms with Crippen LogP contribution in [0.2, 0.25) is 0 Å². The Hall–Kier alpha value is -4.04. The van der Waals surface area contributed by atoms with E-state index < -0.39 is 0 Å². The van der Waals surface area contributed by atoms with Gasteiger partial charge in [-0.2, -0.15) is 0 Å². The minimum absolute atomic E-state index is 0.0298. The molecular formula is C48H54BN. The largest absolute Gasteiger partial charge is 0.311 e. The van der Waals surface area contributed by atoms with Crippen LogP contribution in [0.15, 0.2) is 97.1 Å². The molecule has 0 aromatic heterocycles. The molecule has 1 nitrogen and oxygen atoms in total. The van der Waals surface area contributed by atoms with Gasteiger partial charge >= 0.3 is 0 Å². The molecule has 0 unspecified atom stereocenters. The predicted molar refractivity (Wildman–Crippen MR) is 218 cm³/mol. The number of anilines is 3. The van der Waals surface area contributed by atoms with E-state index in [0.717, 1.165) is 6.42 Å². The van der Waals surface area contributed by atoms with E-state index in [9.17, 15) is 0 Å². The normalized spacial score (nSPS) is 17.9. The average molecular weight is 656 g/mol. The molecule has 0 N–H and O–H groups in total. The third-order valence-corrected chi connectivity index (χ3v) is 12.4. The molecule has 2 aliphatic heterocycles. The zero-order chi connectivity index (χ0) is 35.8. The maximum absolute atomic E-state index is 2.65. The number of hydrogen-bond donors (Lipinski definition) is 0. The Bertz CT molecular complexity index is 2180. The van der Waals surface area contributed by atoms with E-state index in [-0.39, 0.29) is 33.8 Å². The smallest absolute Gasteiger partial charge is 0.247 e. The molecule has 0 saturated carbocycles. The minimum atomic E-state index is -0.134. The highest BCUT2D eigenvalue weighted by Crippen LogP contribution is 2.54. The van der Waals surface area contributed by atoms with E-state index in [0.29, 0.717) is 0 Å². The van der Waals surface area contributed by atoms with Crippen molar-refractivity contribution in [2.75, 3.05) is 4.90 Å². The highest BCUT2D eigenvalue weighted by molar-refractivity contribution is 6.99. The lowest BCUT2D eigenvalue weighted by atomic mass is 9.30. The first-order valence-corrected chi connectivity index (χ1v) is 18.8. The molecule has 0 amide bonds. The van der Waals surface area contributed by atoms with Crippen molar-refractivity contribution in [1.29, 1.82) is 0 Å². The van der Waals surface area contributed by atoms with Crippen LogP contribution in [0.3, 0.4) is 0 Å². The maximum Gasteiger partial charge on any atom is 0.247 e. The lowest BCUT2D eigenvalue weighted by molar-refractivity contribution is 0.403. The van der Waals surface area contributed by atoms with Gasteiger partial charge in [-0.15, -0.1) is 0 Å². The van der Waals surface area contributed by atoms with Gasteiger partial charge in [0, 0.05) is 22.4 Å². The first kappa shape index (κ1) is 33.1. The molecule has 50 heavy (non-hydrogen) atoms. The Morgan fingerprint density at radius 3 is 1.76 bits per heavy atom. The molecule has 1 aliphatic carbocycles. The molecule has 2 heteroatoms. The Labute approximate surface area is 302 Å². The van der Waals surface area contributed by atoms with Gasteiger partial charge in [0.1, 0.15) is 0 Å². The molecular weight excluding hydrogens is 601 g/mol. The van der Waals surface area contributed by atoms with E-state index in [1.165, 1.54) is 78.0 Å². The van der Waals surface area contributed by atoms with Crippen LogP contribution in [0.1, 0.15) is 123 Å². The predicted octanol–water partition coefficient (Wildman–Crippen LogP) is 10.8. The van der Waals surface area contributed by atoms with Crippen LogP contribution in [0.25, 0.3) is 11.1 Å². The van der Waals surface area contributed by atoms with Gasteiger partial charge in [-0.3, -0.25) is 0 Å². The third kappa shape index (κ3) is 4.80. The number of hydrogen-bond acceptors (Lipinski definition) is 1. The summed E-state index contributed by atoms with van der Waals surface area (Å²) in [6, 6.07) is 38.1. The fraction of sp³-hybridized carbons (Fsp3) is 0.375. The molecule has 0 radical (unpaired) electrons. The SMILES string of the molecule is CC(C)(C)c1ccc2c(c1)B1c3cc(C(C)(C)C)ccc3C(C)(C)c3cccc(c31)N2c1cc2c(cc1-c1ccccc1)C(C)(C)CC2(C)C. The highest BCUT2D eigenvalue weighted by Gasteiger charge is 2.48. The van der Waals surface area contributed by atoms with E-state index in [1.54, 1.807) is 0 Å². The summed E-state index contributed by atoms with van der Waals surface area (Å²) in [5.74, 6) is 0. The Morgan fingerprint density at radius 1 is 0.520 bits per heavy atom. The van der Waals surface area contributed by atoms with E-state index >= 15 is 0 Å². The van der Waals surface area contributed by atoms with Crippen LogP contribution in [0, 0.1) is 0 Å². The summed E-state index contributed by atoms with van der Waals surface area (Å²) in [5, 5.41) is 0. The average Bonchev–Trinajstić information content (AvgIpc) is 3.23. The summed E-state index contributed by atoms with van der Waals surface area (Å²) in [7, 11) is 0. The van der Waals surface area contributed by atoms with E-state index in [2.05, 4.69) is 185 Å². The zero-order valence-electron chi connectivity index (χ0n) is 32.5. The molecule has 0 atom stereocenters. The highest BCUT2D eigenvalue weighted by atomic mass is 15.2. The second-order valence-electron chi connectivity index (χ2n) is 19.4. The Balaban J connectivity index is 1.50. The summed E-state index contributed by atoms with van der Waals surface area (Å²) in [6.45, 7) is 28.9. The maximum atomic E-state index is 2.65. The van der Waals surface area contributed by atoms with Crippen molar-refractivity contribution in [3.63, 3.8) is 0 Å². The van der Waals surface area contributed by atoms with Crippen molar-refractivity contribution < 1.29 is 0 Å². The van der Waals surface area contributed by atoms with Gasteiger partial charge in [-0.05, 0) is 102 Å². The molecule has 0 bridgehead atoms. The molecule has 0 fully saturated rings. The lowest BCUT2D eigenvalue weighted by Gasteiger charge is -2.46. The molecule has 8 rings (SSSR count). The molecule has 3 aliphatic rings. The molecule has 0 spiro atoms. The van der Waals surface area contributed by atoms with Gasteiger partial charge < -0.3 is 4.90 Å². The van der Waals surface area contributed by atoms with Crippen LogP contribution < -0.4 is 21.3 Å². The van der Waals surface area contributed by atoms with Crippen molar-refractivity contribution in [3.8, 4) is 11.1 Å². The first-order chi connectivity index (χ1) is 23.3. The second-order valence-corrected chi connectivity index (χ2v) is 19.4. The van der Waals surface area contributed by atoms with Crippen molar-refractivity contribution in [3.05, 3.63) is 130 Å².